The van der Waals surface area contributed by atoms with Gasteiger partial charge in [0, 0.05) is 35.7 Å². The van der Waals surface area contributed by atoms with Crippen molar-refractivity contribution in [3.63, 3.8) is 0 Å². The number of carbonyl (C=O) groups excluding carboxylic acids is 1. The lowest BCUT2D eigenvalue weighted by Gasteiger charge is -2.14. The van der Waals surface area contributed by atoms with E-state index in [0.717, 1.165) is 9.69 Å². The van der Waals surface area contributed by atoms with Gasteiger partial charge in [0.05, 0.1) is 16.1 Å². The SMILES string of the molecule is CN(C)S(=O)(=O)c1cc(C(=O)Nc2cccc3cccnc23)ccc1Br. The van der Waals surface area contributed by atoms with Gasteiger partial charge in [-0.15, -0.1) is 0 Å². The number of hydrogen-bond acceptors (Lipinski definition) is 4. The molecule has 26 heavy (non-hydrogen) atoms. The largest absolute Gasteiger partial charge is 0.320 e. The Balaban J connectivity index is 1.98. The number of amides is 1. The van der Waals surface area contributed by atoms with Gasteiger partial charge in [-0.3, -0.25) is 9.78 Å². The zero-order valence-corrected chi connectivity index (χ0v) is 16.5. The maximum Gasteiger partial charge on any atom is 0.255 e. The molecule has 6 nitrogen and oxygen atoms in total. The van der Waals surface area contributed by atoms with Gasteiger partial charge in [-0.25, -0.2) is 12.7 Å². The van der Waals surface area contributed by atoms with Crippen LogP contribution in [-0.2, 0) is 10.0 Å². The van der Waals surface area contributed by atoms with Gasteiger partial charge in [0.25, 0.3) is 5.91 Å². The molecule has 0 aliphatic carbocycles. The summed E-state index contributed by atoms with van der Waals surface area (Å²) in [6.45, 7) is 0. The van der Waals surface area contributed by atoms with Gasteiger partial charge in [0.2, 0.25) is 10.0 Å². The Bertz CT molecular complexity index is 1090. The zero-order valence-electron chi connectivity index (χ0n) is 14.1. The Hall–Kier alpha value is -2.29. The van der Waals surface area contributed by atoms with E-state index >= 15 is 0 Å². The van der Waals surface area contributed by atoms with Crippen LogP contribution in [-0.4, -0.2) is 37.7 Å². The van der Waals surface area contributed by atoms with E-state index in [1.165, 1.54) is 20.2 Å². The molecule has 0 saturated heterocycles. The van der Waals surface area contributed by atoms with E-state index in [0.29, 0.717) is 15.7 Å². The number of pyridine rings is 1. The molecule has 8 heteroatoms. The van der Waals surface area contributed by atoms with Crippen LogP contribution in [0, 0.1) is 0 Å². The second-order valence-corrected chi connectivity index (χ2v) is 8.74. The molecule has 134 valence electrons. The molecule has 0 aliphatic heterocycles. The lowest BCUT2D eigenvalue weighted by molar-refractivity contribution is 0.102. The van der Waals surface area contributed by atoms with E-state index in [9.17, 15) is 13.2 Å². The number of para-hydroxylation sites is 1. The minimum Gasteiger partial charge on any atom is -0.320 e. The Morgan fingerprint density at radius 3 is 2.58 bits per heavy atom. The first-order valence-corrected chi connectivity index (χ1v) is 9.91. The highest BCUT2D eigenvalue weighted by Crippen LogP contribution is 2.26. The quantitative estimate of drug-likeness (QED) is 0.682. The van der Waals surface area contributed by atoms with E-state index in [1.807, 2.05) is 24.3 Å². The number of nitrogens with zero attached hydrogens (tertiary/aromatic N) is 2. The number of hydrogen-bond donors (Lipinski definition) is 1. The van der Waals surface area contributed by atoms with Gasteiger partial charge in [0.15, 0.2) is 0 Å². The summed E-state index contributed by atoms with van der Waals surface area (Å²) >= 11 is 3.24. The Morgan fingerprint density at radius 2 is 1.85 bits per heavy atom. The highest BCUT2D eigenvalue weighted by molar-refractivity contribution is 9.10. The normalized spacial score (nSPS) is 11.7. The number of carbonyl (C=O) groups is 1. The molecule has 0 spiro atoms. The molecule has 3 aromatic rings. The average Bonchev–Trinajstić information content (AvgIpc) is 2.62. The molecule has 0 saturated carbocycles. The van der Waals surface area contributed by atoms with Crippen molar-refractivity contribution >= 4 is 48.5 Å². The highest BCUT2D eigenvalue weighted by atomic mass is 79.9. The summed E-state index contributed by atoms with van der Waals surface area (Å²) in [7, 11) is -0.795. The van der Waals surface area contributed by atoms with Crippen LogP contribution in [0.4, 0.5) is 5.69 Å². The van der Waals surface area contributed by atoms with E-state index in [-0.39, 0.29) is 10.5 Å². The number of benzene rings is 2. The molecule has 1 amide bonds. The standard InChI is InChI=1S/C18H16BrN3O3S/c1-22(2)26(24,25)16-11-13(8-9-14(16)19)18(23)21-15-7-3-5-12-6-4-10-20-17(12)15/h3-11H,1-2H3,(H,21,23). The van der Waals surface area contributed by atoms with Crippen molar-refractivity contribution in [2.24, 2.45) is 0 Å². The Morgan fingerprint density at radius 1 is 1.12 bits per heavy atom. The summed E-state index contributed by atoms with van der Waals surface area (Å²) in [6.07, 6.45) is 1.65. The molecule has 0 aliphatic rings. The van der Waals surface area contributed by atoms with Crippen LogP contribution < -0.4 is 5.32 Å². The molecule has 0 fully saturated rings. The van der Waals surface area contributed by atoms with Crippen molar-refractivity contribution in [2.75, 3.05) is 19.4 Å². The fourth-order valence-corrected chi connectivity index (χ4v) is 4.28. The fraction of sp³-hybridized carbons (Fsp3) is 0.111. The van der Waals surface area contributed by atoms with Crippen LogP contribution in [0.5, 0.6) is 0 Å². The monoisotopic (exact) mass is 433 g/mol. The predicted octanol–water partition coefficient (Wildman–Crippen LogP) is 3.50. The molecular formula is C18H16BrN3O3S. The Kier molecular flexibility index (Phi) is 5.08. The van der Waals surface area contributed by atoms with Gasteiger partial charge < -0.3 is 5.32 Å². The summed E-state index contributed by atoms with van der Waals surface area (Å²) in [5.41, 5.74) is 1.47. The average molecular weight is 434 g/mol. The van der Waals surface area contributed by atoms with Gasteiger partial charge in [-0.05, 0) is 46.3 Å². The fourth-order valence-electron chi connectivity index (χ4n) is 2.44. The molecule has 0 unspecified atom stereocenters. The van der Waals surface area contributed by atoms with Crippen molar-refractivity contribution < 1.29 is 13.2 Å². The number of nitrogens with one attached hydrogen (secondary N) is 1. The maximum absolute atomic E-state index is 12.7. The van der Waals surface area contributed by atoms with Crippen LogP contribution in [0.1, 0.15) is 10.4 Å². The number of sulfonamides is 1. The maximum atomic E-state index is 12.7. The van der Waals surface area contributed by atoms with Gasteiger partial charge >= 0.3 is 0 Å². The highest BCUT2D eigenvalue weighted by Gasteiger charge is 2.22. The lowest BCUT2D eigenvalue weighted by Crippen LogP contribution is -2.23. The molecule has 1 aromatic heterocycles. The third-order valence-electron chi connectivity index (χ3n) is 3.83. The van der Waals surface area contributed by atoms with Crippen LogP contribution >= 0.6 is 15.9 Å². The second kappa shape index (κ2) is 7.14. The third-order valence-corrected chi connectivity index (χ3v) is 6.64. The second-order valence-electron chi connectivity index (χ2n) is 5.77. The Labute approximate surface area is 160 Å². The number of aromatic nitrogens is 1. The van der Waals surface area contributed by atoms with E-state index < -0.39 is 15.9 Å². The first-order valence-electron chi connectivity index (χ1n) is 7.68. The van der Waals surface area contributed by atoms with Crippen LogP contribution in [0.15, 0.2) is 64.1 Å². The van der Waals surface area contributed by atoms with Crippen molar-refractivity contribution in [2.45, 2.75) is 4.90 Å². The smallest absolute Gasteiger partial charge is 0.255 e. The summed E-state index contributed by atoms with van der Waals surface area (Å²) in [6, 6.07) is 13.7. The molecule has 0 bridgehead atoms. The summed E-state index contributed by atoms with van der Waals surface area (Å²) in [5, 5.41) is 3.70. The summed E-state index contributed by atoms with van der Waals surface area (Å²) in [5.74, 6) is -0.411. The van der Waals surface area contributed by atoms with Crippen molar-refractivity contribution in [1.29, 1.82) is 0 Å². The van der Waals surface area contributed by atoms with Crippen LogP contribution in [0.2, 0.25) is 0 Å². The number of anilines is 1. The topological polar surface area (TPSA) is 79.4 Å². The van der Waals surface area contributed by atoms with E-state index in [2.05, 4.69) is 26.2 Å². The molecule has 0 radical (unpaired) electrons. The third kappa shape index (κ3) is 3.48. The molecule has 1 N–H and O–H groups in total. The minimum atomic E-state index is -3.68. The van der Waals surface area contributed by atoms with Crippen LogP contribution in [0.3, 0.4) is 0 Å². The lowest BCUT2D eigenvalue weighted by atomic mass is 10.1. The molecular weight excluding hydrogens is 418 g/mol. The number of fused-ring (bicyclic) bond motifs is 1. The number of rotatable bonds is 4. The van der Waals surface area contributed by atoms with Gasteiger partial charge in [-0.1, -0.05) is 18.2 Å². The van der Waals surface area contributed by atoms with Crippen molar-refractivity contribution in [1.82, 2.24) is 9.29 Å². The van der Waals surface area contributed by atoms with E-state index in [4.69, 9.17) is 0 Å². The van der Waals surface area contributed by atoms with Crippen molar-refractivity contribution in [3.8, 4) is 0 Å². The summed E-state index contributed by atoms with van der Waals surface area (Å²) in [4.78, 5) is 17.0. The molecule has 2 aromatic carbocycles. The van der Waals surface area contributed by atoms with Crippen LogP contribution in [0.25, 0.3) is 10.9 Å². The van der Waals surface area contributed by atoms with Gasteiger partial charge in [0.1, 0.15) is 0 Å². The first kappa shape index (κ1) is 18.5. The summed E-state index contributed by atoms with van der Waals surface area (Å²) < 4.78 is 26.3. The number of halogens is 1. The molecule has 3 rings (SSSR count). The minimum absolute atomic E-state index is 0.0335. The molecule has 0 atom stereocenters. The first-order chi connectivity index (χ1) is 12.3. The van der Waals surface area contributed by atoms with Gasteiger partial charge in [-0.2, -0.15) is 0 Å². The zero-order chi connectivity index (χ0) is 18.9. The van der Waals surface area contributed by atoms with Crippen molar-refractivity contribution in [3.05, 3.63) is 64.8 Å². The predicted molar refractivity (Wildman–Crippen MR) is 105 cm³/mol. The van der Waals surface area contributed by atoms with E-state index in [1.54, 1.807) is 24.4 Å². The molecule has 1 heterocycles.